The molecule has 2 unspecified atom stereocenters. The number of carbonyl (C=O) groups is 1. The van der Waals surface area contributed by atoms with Gasteiger partial charge in [-0.25, -0.2) is 0 Å². The molecule has 1 fully saturated rings. The Morgan fingerprint density at radius 2 is 2.00 bits per heavy atom. The predicted molar refractivity (Wildman–Crippen MR) is 85.0 cm³/mol. The lowest BCUT2D eigenvalue weighted by atomic mass is 9.65. The van der Waals surface area contributed by atoms with Crippen molar-refractivity contribution in [3.8, 4) is 6.07 Å². The fourth-order valence-electron chi connectivity index (χ4n) is 3.47. The average molecular weight is 283 g/mol. The number of nitriles is 1. The zero-order valence-corrected chi connectivity index (χ0v) is 13.6. The molecule has 0 radical (unpaired) electrons. The first-order valence-corrected chi connectivity index (χ1v) is 7.87. The Bertz CT molecular complexity index is 580. The quantitative estimate of drug-likeness (QED) is 0.807. The van der Waals surface area contributed by atoms with E-state index in [-0.39, 0.29) is 17.1 Å². The molecule has 1 aromatic rings. The maximum atomic E-state index is 12.9. The van der Waals surface area contributed by atoms with Crippen LogP contribution in [0.2, 0.25) is 0 Å². The van der Waals surface area contributed by atoms with Crippen LogP contribution >= 0.6 is 0 Å². The van der Waals surface area contributed by atoms with Gasteiger partial charge in [0.1, 0.15) is 5.92 Å². The minimum Gasteiger partial charge on any atom is -0.298 e. The summed E-state index contributed by atoms with van der Waals surface area (Å²) in [5.41, 5.74) is 3.21. The first-order chi connectivity index (χ1) is 9.86. The maximum Gasteiger partial charge on any atom is 0.158 e. The van der Waals surface area contributed by atoms with Gasteiger partial charge in [0.05, 0.1) is 6.07 Å². The van der Waals surface area contributed by atoms with E-state index < -0.39 is 5.92 Å². The van der Waals surface area contributed by atoms with Gasteiger partial charge >= 0.3 is 0 Å². The molecule has 0 N–H and O–H groups in total. The number of benzene rings is 1. The first-order valence-electron chi connectivity index (χ1n) is 7.87. The van der Waals surface area contributed by atoms with Crippen LogP contribution in [0, 0.1) is 36.5 Å². The van der Waals surface area contributed by atoms with Crippen LogP contribution in [0.25, 0.3) is 0 Å². The van der Waals surface area contributed by atoms with Crippen molar-refractivity contribution in [3.63, 3.8) is 0 Å². The molecular formula is C19H25NO. The van der Waals surface area contributed by atoms with Crippen molar-refractivity contribution in [1.82, 2.24) is 0 Å². The molecule has 0 amide bonds. The summed E-state index contributed by atoms with van der Waals surface area (Å²) in [5, 5.41) is 9.54. The Kier molecular flexibility index (Phi) is 4.52. The van der Waals surface area contributed by atoms with Gasteiger partial charge in [0.15, 0.2) is 5.78 Å². The second kappa shape index (κ2) is 6.02. The third kappa shape index (κ3) is 3.18. The van der Waals surface area contributed by atoms with E-state index in [4.69, 9.17) is 0 Å². The number of hydrogen-bond acceptors (Lipinski definition) is 2. The van der Waals surface area contributed by atoms with Gasteiger partial charge in [-0.3, -0.25) is 4.79 Å². The Morgan fingerprint density at radius 1 is 1.29 bits per heavy atom. The highest BCUT2D eigenvalue weighted by Crippen LogP contribution is 2.43. The lowest BCUT2D eigenvalue weighted by Crippen LogP contribution is -2.36. The van der Waals surface area contributed by atoms with Crippen molar-refractivity contribution in [2.75, 3.05) is 0 Å². The van der Waals surface area contributed by atoms with Crippen LogP contribution in [0.3, 0.4) is 0 Å². The first kappa shape index (κ1) is 15.8. The van der Waals surface area contributed by atoms with E-state index in [2.05, 4.69) is 19.9 Å². The molecule has 1 aliphatic rings. The zero-order valence-electron chi connectivity index (χ0n) is 13.6. The number of aryl methyl sites for hydroxylation is 2. The van der Waals surface area contributed by atoms with E-state index in [1.807, 2.05) is 32.0 Å². The van der Waals surface area contributed by atoms with Gasteiger partial charge in [0, 0.05) is 5.92 Å². The molecule has 112 valence electrons. The van der Waals surface area contributed by atoms with Gasteiger partial charge in [-0.2, -0.15) is 5.26 Å². The van der Waals surface area contributed by atoms with Crippen LogP contribution in [0.4, 0.5) is 0 Å². The van der Waals surface area contributed by atoms with Crippen molar-refractivity contribution in [3.05, 3.63) is 34.9 Å². The van der Waals surface area contributed by atoms with Crippen LogP contribution in [-0.4, -0.2) is 5.78 Å². The fourth-order valence-corrected chi connectivity index (χ4v) is 3.47. The molecule has 0 aliphatic heterocycles. The molecule has 0 spiro atoms. The number of nitrogens with zero attached hydrogens (tertiary/aromatic N) is 1. The van der Waals surface area contributed by atoms with Crippen LogP contribution in [0.15, 0.2) is 18.2 Å². The van der Waals surface area contributed by atoms with Gasteiger partial charge in [-0.05, 0) is 48.8 Å². The van der Waals surface area contributed by atoms with Crippen molar-refractivity contribution in [1.29, 1.82) is 5.26 Å². The minimum absolute atomic E-state index is 0.0116. The molecule has 1 saturated carbocycles. The molecule has 21 heavy (non-hydrogen) atoms. The molecule has 1 aromatic carbocycles. The Labute approximate surface area is 128 Å². The smallest absolute Gasteiger partial charge is 0.158 e. The lowest BCUT2D eigenvalue weighted by Gasteiger charge is -2.38. The maximum absolute atomic E-state index is 12.9. The van der Waals surface area contributed by atoms with Crippen LogP contribution in [-0.2, 0) is 4.79 Å². The normalized spacial score (nSPS) is 22.3. The van der Waals surface area contributed by atoms with Crippen molar-refractivity contribution in [2.45, 2.75) is 59.3 Å². The second-order valence-electron chi connectivity index (χ2n) is 7.10. The third-order valence-electron chi connectivity index (χ3n) is 5.13. The van der Waals surface area contributed by atoms with Crippen LogP contribution < -0.4 is 0 Å². The van der Waals surface area contributed by atoms with Gasteiger partial charge < -0.3 is 0 Å². The minimum atomic E-state index is -0.619. The van der Waals surface area contributed by atoms with Gasteiger partial charge in [0.2, 0.25) is 0 Å². The van der Waals surface area contributed by atoms with Crippen molar-refractivity contribution >= 4 is 5.78 Å². The summed E-state index contributed by atoms with van der Waals surface area (Å²) in [5.74, 6) is -0.491. The van der Waals surface area contributed by atoms with Gasteiger partial charge in [-0.1, -0.05) is 44.9 Å². The average Bonchev–Trinajstić information content (AvgIpc) is 2.43. The number of rotatable bonds is 3. The summed E-state index contributed by atoms with van der Waals surface area (Å²) in [6.45, 7) is 8.42. The summed E-state index contributed by atoms with van der Waals surface area (Å²) in [7, 11) is 0. The molecule has 1 aliphatic carbocycles. The van der Waals surface area contributed by atoms with Crippen LogP contribution in [0.5, 0.6) is 0 Å². The third-order valence-corrected chi connectivity index (χ3v) is 5.13. The molecular weight excluding hydrogens is 258 g/mol. The zero-order chi connectivity index (χ0) is 15.6. The largest absolute Gasteiger partial charge is 0.298 e. The van der Waals surface area contributed by atoms with Gasteiger partial charge in [0.25, 0.3) is 0 Å². The van der Waals surface area contributed by atoms with E-state index in [1.165, 1.54) is 12.0 Å². The predicted octanol–water partition coefficient (Wildman–Crippen LogP) is 4.70. The molecule has 0 bridgehead atoms. The Balaban J connectivity index is 2.30. The lowest BCUT2D eigenvalue weighted by molar-refractivity contribution is -0.128. The van der Waals surface area contributed by atoms with E-state index in [0.717, 1.165) is 30.4 Å². The highest BCUT2D eigenvalue weighted by molar-refractivity contribution is 5.91. The number of carbonyl (C=O) groups excluding carboxylic acids is 1. The molecule has 2 heteroatoms. The summed E-state index contributed by atoms with van der Waals surface area (Å²) >= 11 is 0. The molecule has 2 atom stereocenters. The van der Waals surface area contributed by atoms with E-state index in [0.29, 0.717) is 0 Å². The Morgan fingerprint density at radius 3 is 2.57 bits per heavy atom. The Hall–Kier alpha value is -1.62. The summed E-state index contributed by atoms with van der Waals surface area (Å²) in [6, 6.07) is 8.19. The SMILES string of the molecule is Cc1ccc(C(C#N)C(=O)C2CCCCC2(C)C)cc1C. The van der Waals surface area contributed by atoms with E-state index in [9.17, 15) is 10.1 Å². The summed E-state index contributed by atoms with van der Waals surface area (Å²) in [4.78, 5) is 12.9. The van der Waals surface area contributed by atoms with Crippen molar-refractivity contribution in [2.24, 2.45) is 11.3 Å². The number of Topliss-reactive ketones (excluding diaryl/α,β-unsaturated/α-hetero) is 1. The molecule has 0 aromatic heterocycles. The fraction of sp³-hybridized carbons (Fsp3) is 0.579. The highest BCUT2D eigenvalue weighted by Gasteiger charge is 2.40. The van der Waals surface area contributed by atoms with Gasteiger partial charge in [-0.15, -0.1) is 0 Å². The number of hydrogen-bond donors (Lipinski definition) is 0. The second-order valence-corrected chi connectivity index (χ2v) is 7.10. The van der Waals surface area contributed by atoms with Crippen LogP contribution in [0.1, 0.15) is 62.1 Å². The highest BCUT2D eigenvalue weighted by atomic mass is 16.1. The summed E-state index contributed by atoms with van der Waals surface area (Å²) < 4.78 is 0. The summed E-state index contributed by atoms with van der Waals surface area (Å²) in [6.07, 6.45) is 4.30. The topological polar surface area (TPSA) is 40.9 Å². The standard InChI is InChI=1S/C19H25NO/c1-13-8-9-15(11-14(13)2)16(12-20)18(21)17-7-5-6-10-19(17,3)4/h8-9,11,16-17H,5-7,10H2,1-4H3. The molecule has 2 rings (SSSR count). The van der Waals surface area contributed by atoms with E-state index in [1.54, 1.807) is 0 Å². The van der Waals surface area contributed by atoms with Crippen molar-refractivity contribution < 1.29 is 4.79 Å². The number of ketones is 1. The molecule has 0 saturated heterocycles. The molecule has 0 heterocycles. The molecule has 2 nitrogen and oxygen atoms in total. The monoisotopic (exact) mass is 283 g/mol. The van der Waals surface area contributed by atoms with E-state index >= 15 is 0 Å².